The normalized spacial score (nSPS) is 11.8. The van der Waals surface area contributed by atoms with Gasteiger partial charge in [0.15, 0.2) is 0 Å². The summed E-state index contributed by atoms with van der Waals surface area (Å²) in [6.07, 6.45) is 0.944. The van der Waals surface area contributed by atoms with E-state index in [4.69, 9.17) is 0 Å². The number of aromatic nitrogens is 3. The van der Waals surface area contributed by atoms with Crippen LogP contribution in [0, 0.1) is 10.1 Å². The third-order valence-corrected chi connectivity index (χ3v) is 2.82. The molecule has 0 radical (unpaired) electrons. The number of benzene rings is 1. The van der Waals surface area contributed by atoms with E-state index in [9.17, 15) is 18.5 Å². The van der Waals surface area contributed by atoms with E-state index in [1.54, 1.807) is 0 Å². The zero-order chi connectivity index (χ0) is 11.9. The minimum absolute atomic E-state index is 0.0942. The van der Waals surface area contributed by atoms with Gasteiger partial charge >= 0.3 is 0 Å². The van der Waals surface area contributed by atoms with Gasteiger partial charge in [-0.1, -0.05) is 5.21 Å². The molecular formula is C7H6N4O4S. The molecule has 84 valence electrons. The lowest BCUT2D eigenvalue weighted by Crippen LogP contribution is -2.11. The van der Waals surface area contributed by atoms with Gasteiger partial charge in [0, 0.05) is 12.1 Å². The summed E-state index contributed by atoms with van der Waals surface area (Å²) in [7, 11) is -3.61. The molecule has 0 aliphatic heterocycles. The lowest BCUT2D eigenvalue weighted by atomic mass is 10.3. The van der Waals surface area contributed by atoms with Gasteiger partial charge in [-0.05, 0) is 6.07 Å². The molecule has 0 spiro atoms. The molecule has 1 aromatic heterocycles. The van der Waals surface area contributed by atoms with Crippen molar-refractivity contribution < 1.29 is 13.3 Å². The Morgan fingerprint density at radius 3 is 2.69 bits per heavy atom. The molecule has 9 heteroatoms. The highest BCUT2D eigenvalue weighted by molar-refractivity contribution is 7.89. The fraction of sp³-hybridized carbons (Fsp3) is 0.143. The van der Waals surface area contributed by atoms with E-state index in [1.807, 2.05) is 0 Å². The maximum atomic E-state index is 11.3. The summed E-state index contributed by atoms with van der Waals surface area (Å²) in [5, 5.41) is 17.6. The van der Waals surface area contributed by atoms with Gasteiger partial charge in [-0.15, -0.1) is 9.19 Å². The first-order valence-electron chi connectivity index (χ1n) is 4.10. The van der Waals surface area contributed by atoms with Gasteiger partial charge in [0.1, 0.15) is 11.0 Å². The van der Waals surface area contributed by atoms with Crippen molar-refractivity contribution in [3.05, 3.63) is 28.3 Å². The topological polar surface area (TPSA) is 108 Å². The first kappa shape index (κ1) is 10.5. The third kappa shape index (κ3) is 1.60. The van der Waals surface area contributed by atoms with E-state index in [0.29, 0.717) is 4.09 Å². The largest absolute Gasteiger partial charge is 0.271 e. The van der Waals surface area contributed by atoms with Gasteiger partial charge in [0.05, 0.1) is 11.2 Å². The second-order valence-corrected chi connectivity index (χ2v) is 4.94. The zero-order valence-corrected chi connectivity index (χ0v) is 8.88. The molecule has 0 saturated heterocycles. The highest BCUT2D eigenvalue weighted by atomic mass is 32.2. The van der Waals surface area contributed by atoms with E-state index < -0.39 is 14.9 Å². The molecule has 0 aliphatic carbocycles. The van der Waals surface area contributed by atoms with Crippen molar-refractivity contribution in [2.24, 2.45) is 0 Å². The second kappa shape index (κ2) is 3.23. The second-order valence-electron chi connectivity index (χ2n) is 3.13. The number of rotatable bonds is 2. The molecule has 2 aromatic rings. The van der Waals surface area contributed by atoms with Crippen LogP contribution in [-0.2, 0) is 10.0 Å². The number of non-ortho nitro benzene ring substituents is 1. The van der Waals surface area contributed by atoms with Crippen LogP contribution < -0.4 is 0 Å². The van der Waals surface area contributed by atoms with Gasteiger partial charge in [0.2, 0.25) is 0 Å². The van der Waals surface area contributed by atoms with Crippen LogP contribution in [0.1, 0.15) is 0 Å². The summed E-state index contributed by atoms with van der Waals surface area (Å²) >= 11 is 0. The van der Waals surface area contributed by atoms with Crippen LogP contribution in [0.2, 0.25) is 0 Å². The van der Waals surface area contributed by atoms with Crippen molar-refractivity contribution in [1.29, 1.82) is 0 Å². The van der Waals surface area contributed by atoms with E-state index in [-0.39, 0.29) is 16.7 Å². The summed E-state index contributed by atoms with van der Waals surface area (Å²) < 4.78 is 23.2. The Kier molecular flexibility index (Phi) is 2.12. The number of fused-ring (bicyclic) bond motifs is 1. The van der Waals surface area contributed by atoms with Crippen LogP contribution in [-0.4, -0.2) is 34.0 Å². The van der Waals surface area contributed by atoms with Crippen molar-refractivity contribution >= 4 is 26.7 Å². The van der Waals surface area contributed by atoms with Crippen molar-refractivity contribution in [1.82, 2.24) is 14.4 Å². The SMILES string of the molecule is CS(=O)(=O)n1nnc2ccc([N+](=O)[O-])cc21. The fourth-order valence-electron chi connectivity index (χ4n) is 1.25. The number of nitro benzene ring substituents is 1. The maximum Gasteiger partial charge on any atom is 0.271 e. The number of hydrogen-bond donors (Lipinski definition) is 0. The number of hydrogen-bond acceptors (Lipinski definition) is 6. The van der Waals surface area contributed by atoms with Crippen molar-refractivity contribution in [2.75, 3.05) is 6.26 Å². The molecule has 0 saturated carbocycles. The highest BCUT2D eigenvalue weighted by Crippen LogP contribution is 2.19. The maximum absolute atomic E-state index is 11.3. The van der Waals surface area contributed by atoms with Gasteiger partial charge in [-0.3, -0.25) is 10.1 Å². The van der Waals surface area contributed by atoms with E-state index in [0.717, 1.165) is 12.3 Å². The molecule has 0 unspecified atom stereocenters. The minimum atomic E-state index is -3.61. The highest BCUT2D eigenvalue weighted by Gasteiger charge is 2.16. The van der Waals surface area contributed by atoms with Crippen LogP contribution in [0.3, 0.4) is 0 Å². The lowest BCUT2D eigenvalue weighted by Gasteiger charge is -1.97. The lowest BCUT2D eigenvalue weighted by molar-refractivity contribution is -0.384. The molecule has 1 aromatic carbocycles. The van der Waals surface area contributed by atoms with Crippen LogP contribution >= 0.6 is 0 Å². The zero-order valence-electron chi connectivity index (χ0n) is 8.06. The molecule has 0 fully saturated rings. The van der Waals surface area contributed by atoms with Crippen LogP contribution in [0.15, 0.2) is 18.2 Å². The van der Waals surface area contributed by atoms with E-state index in [1.165, 1.54) is 12.1 Å². The third-order valence-electron chi connectivity index (χ3n) is 1.92. The summed E-state index contributed by atoms with van der Waals surface area (Å²) in [6.45, 7) is 0. The molecule has 8 nitrogen and oxygen atoms in total. The summed E-state index contributed by atoms with van der Waals surface area (Å²) in [5.41, 5.74) is 0.174. The van der Waals surface area contributed by atoms with Gasteiger partial charge < -0.3 is 0 Å². The van der Waals surface area contributed by atoms with Crippen molar-refractivity contribution in [3.8, 4) is 0 Å². The Hall–Kier alpha value is -2.03. The molecule has 0 atom stereocenters. The van der Waals surface area contributed by atoms with Gasteiger partial charge in [0.25, 0.3) is 15.7 Å². The average molecular weight is 242 g/mol. The van der Waals surface area contributed by atoms with Crippen molar-refractivity contribution in [3.63, 3.8) is 0 Å². The predicted octanol–water partition coefficient (Wildman–Crippen LogP) is 0.147. The van der Waals surface area contributed by atoms with Gasteiger partial charge in [-0.2, -0.15) is 0 Å². The first-order chi connectivity index (χ1) is 7.39. The van der Waals surface area contributed by atoms with Crippen LogP contribution in [0.5, 0.6) is 0 Å². The summed E-state index contributed by atoms with van der Waals surface area (Å²) in [6, 6.07) is 3.71. The summed E-state index contributed by atoms with van der Waals surface area (Å²) in [4.78, 5) is 9.92. The molecular weight excluding hydrogens is 236 g/mol. The number of nitro groups is 1. The molecule has 16 heavy (non-hydrogen) atoms. The summed E-state index contributed by atoms with van der Waals surface area (Å²) in [5.74, 6) is 0. The Balaban J connectivity index is 2.80. The van der Waals surface area contributed by atoms with E-state index >= 15 is 0 Å². The Bertz CT molecular complexity index is 675. The van der Waals surface area contributed by atoms with Crippen LogP contribution in [0.25, 0.3) is 11.0 Å². The molecule has 0 N–H and O–H groups in total. The van der Waals surface area contributed by atoms with Crippen molar-refractivity contribution in [2.45, 2.75) is 0 Å². The fourth-order valence-corrected chi connectivity index (χ4v) is 1.92. The predicted molar refractivity (Wildman–Crippen MR) is 54.4 cm³/mol. The molecule has 0 bridgehead atoms. The minimum Gasteiger partial charge on any atom is -0.258 e. The molecule has 0 aliphatic rings. The standard InChI is InChI=1S/C7H6N4O4S/c1-16(14,15)10-7-4-5(11(12)13)2-3-6(7)8-9-10/h2-4H,1H3. The molecule has 1 heterocycles. The molecule has 2 rings (SSSR count). The average Bonchev–Trinajstić information content (AvgIpc) is 2.58. The molecule has 0 amide bonds. The van der Waals surface area contributed by atoms with Crippen LogP contribution in [0.4, 0.5) is 5.69 Å². The Morgan fingerprint density at radius 1 is 1.44 bits per heavy atom. The Labute approximate surface area is 89.7 Å². The quantitative estimate of drug-likeness (QED) is 0.547. The number of nitrogens with zero attached hydrogens (tertiary/aromatic N) is 4. The smallest absolute Gasteiger partial charge is 0.258 e. The van der Waals surface area contributed by atoms with Gasteiger partial charge in [-0.25, -0.2) is 8.42 Å². The van der Waals surface area contributed by atoms with E-state index in [2.05, 4.69) is 10.3 Å². The monoisotopic (exact) mass is 242 g/mol. The first-order valence-corrected chi connectivity index (χ1v) is 5.95. The Morgan fingerprint density at radius 2 is 2.12 bits per heavy atom.